The topological polar surface area (TPSA) is 60.8 Å². The van der Waals surface area contributed by atoms with Crippen LogP contribution in [-0.4, -0.2) is 29.5 Å². The molecule has 0 bridgehead atoms. The van der Waals surface area contributed by atoms with Gasteiger partial charge in [0, 0.05) is 24.8 Å². The molecule has 0 heterocycles. The van der Waals surface area contributed by atoms with Gasteiger partial charge in [0.15, 0.2) is 0 Å². The molecular formula is C21H21NO3. The van der Waals surface area contributed by atoms with Crippen molar-refractivity contribution in [2.75, 3.05) is 18.1 Å². The summed E-state index contributed by atoms with van der Waals surface area (Å²) in [5.41, 5.74) is 1.67. The molecule has 0 spiro atoms. The van der Waals surface area contributed by atoms with Crippen LogP contribution in [-0.2, 0) is 0 Å². The van der Waals surface area contributed by atoms with Gasteiger partial charge in [-0.25, -0.2) is 4.79 Å². The molecule has 2 N–H and O–H groups in total. The summed E-state index contributed by atoms with van der Waals surface area (Å²) in [6, 6.07) is 23.2. The number of hydrogen-bond donors (Lipinski definition) is 2. The highest BCUT2D eigenvalue weighted by Crippen LogP contribution is 2.25. The molecule has 0 radical (unpaired) electrons. The van der Waals surface area contributed by atoms with Crippen LogP contribution in [0.1, 0.15) is 17.9 Å². The predicted molar refractivity (Wildman–Crippen MR) is 100 cm³/mol. The van der Waals surface area contributed by atoms with Crippen molar-refractivity contribution in [2.45, 2.75) is 12.3 Å². The summed E-state index contributed by atoms with van der Waals surface area (Å²) in [5, 5.41) is 21.4. The molecule has 0 saturated carbocycles. The molecule has 0 saturated heterocycles. The van der Waals surface area contributed by atoms with E-state index in [1.54, 1.807) is 0 Å². The number of anilines is 1. The van der Waals surface area contributed by atoms with E-state index in [9.17, 15) is 15.0 Å². The minimum absolute atomic E-state index is 0.00477. The van der Waals surface area contributed by atoms with Gasteiger partial charge in [0.05, 0.1) is 0 Å². The first kappa shape index (κ1) is 17.0. The van der Waals surface area contributed by atoms with Gasteiger partial charge in [-0.3, -0.25) is 4.90 Å². The van der Waals surface area contributed by atoms with Crippen molar-refractivity contribution < 1.29 is 15.0 Å². The zero-order valence-electron chi connectivity index (χ0n) is 13.9. The molecule has 0 aliphatic heterocycles. The Morgan fingerprint density at radius 1 is 0.920 bits per heavy atom. The van der Waals surface area contributed by atoms with Gasteiger partial charge in [-0.05, 0) is 34.9 Å². The molecule has 0 unspecified atom stereocenters. The van der Waals surface area contributed by atoms with Crippen LogP contribution in [0.25, 0.3) is 10.8 Å². The van der Waals surface area contributed by atoms with Crippen molar-refractivity contribution in [3.05, 3.63) is 78.4 Å². The highest BCUT2D eigenvalue weighted by atomic mass is 16.4. The zero-order chi connectivity index (χ0) is 17.6. The number of aliphatic hydroxyl groups excluding tert-OH is 1. The third-order valence-electron chi connectivity index (χ3n) is 4.47. The molecule has 1 atom stereocenters. The maximum atomic E-state index is 11.7. The number of hydrogen-bond acceptors (Lipinski definition) is 2. The summed E-state index contributed by atoms with van der Waals surface area (Å²) >= 11 is 0. The van der Waals surface area contributed by atoms with Crippen LogP contribution in [0.2, 0.25) is 0 Å². The van der Waals surface area contributed by atoms with Crippen molar-refractivity contribution >= 4 is 22.6 Å². The first-order valence-corrected chi connectivity index (χ1v) is 8.34. The predicted octanol–water partition coefficient (Wildman–Crippen LogP) is 4.49. The van der Waals surface area contributed by atoms with Crippen molar-refractivity contribution in [3.63, 3.8) is 0 Å². The molecule has 0 aliphatic rings. The van der Waals surface area contributed by atoms with Gasteiger partial charge in [0.1, 0.15) is 0 Å². The van der Waals surface area contributed by atoms with Crippen LogP contribution in [0.3, 0.4) is 0 Å². The van der Waals surface area contributed by atoms with Gasteiger partial charge in [0.25, 0.3) is 0 Å². The second-order valence-electron chi connectivity index (χ2n) is 6.04. The van der Waals surface area contributed by atoms with Gasteiger partial charge >= 0.3 is 6.09 Å². The monoisotopic (exact) mass is 335 g/mol. The van der Waals surface area contributed by atoms with Gasteiger partial charge in [-0.15, -0.1) is 0 Å². The summed E-state index contributed by atoms with van der Waals surface area (Å²) in [4.78, 5) is 13.1. The Morgan fingerprint density at radius 2 is 1.60 bits per heavy atom. The van der Waals surface area contributed by atoms with Crippen molar-refractivity contribution in [2.24, 2.45) is 0 Å². The lowest BCUT2D eigenvalue weighted by Gasteiger charge is -2.23. The van der Waals surface area contributed by atoms with Gasteiger partial charge in [-0.2, -0.15) is 0 Å². The van der Waals surface area contributed by atoms with E-state index < -0.39 is 6.09 Å². The summed E-state index contributed by atoms with van der Waals surface area (Å²) in [6.07, 6.45) is -0.431. The van der Waals surface area contributed by atoms with E-state index in [2.05, 4.69) is 0 Å². The Hall–Kier alpha value is -2.85. The largest absolute Gasteiger partial charge is 0.465 e. The molecule has 3 aromatic rings. The summed E-state index contributed by atoms with van der Waals surface area (Å²) in [5.74, 6) is -0.0801. The number of aliphatic hydroxyl groups is 1. The minimum Gasteiger partial charge on any atom is -0.465 e. The smallest absolute Gasteiger partial charge is 0.411 e. The standard InChI is InChI=1S/C21H21NO3/c23-15-19(16-6-2-1-3-7-16)12-13-22(21(24)25)20-11-10-17-8-4-5-9-18(17)14-20/h1-11,14,19,23H,12-13,15H2,(H,24,25)/t19-/m1/s1. The van der Waals surface area contributed by atoms with Crippen molar-refractivity contribution in [1.29, 1.82) is 0 Å². The van der Waals surface area contributed by atoms with Crippen LogP contribution >= 0.6 is 0 Å². The highest BCUT2D eigenvalue weighted by molar-refractivity contribution is 5.92. The zero-order valence-corrected chi connectivity index (χ0v) is 13.9. The maximum absolute atomic E-state index is 11.7. The molecule has 3 rings (SSSR count). The summed E-state index contributed by atoms with van der Waals surface area (Å²) < 4.78 is 0. The lowest BCUT2D eigenvalue weighted by Crippen LogP contribution is -2.31. The van der Waals surface area contributed by atoms with E-state index in [0.29, 0.717) is 18.7 Å². The SMILES string of the molecule is O=C(O)N(CC[C@H](CO)c1ccccc1)c1ccc2ccccc2c1. The fourth-order valence-corrected chi connectivity index (χ4v) is 3.05. The summed E-state index contributed by atoms with van der Waals surface area (Å²) in [6.45, 7) is 0.322. The fraction of sp³-hybridized carbons (Fsp3) is 0.190. The first-order chi connectivity index (χ1) is 12.2. The maximum Gasteiger partial charge on any atom is 0.411 e. The minimum atomic E-state index is -0.986. The number of amides is 1. The van der Waals surface area contributed by atoms with E-state index in [-0.39, 0.29) is 12.5 Å². The first-order valence-electron chi connectivity index (χ1n) is 8.34. The van der Waals surface area contributed by atoms with Gasteiger partial charge in [-0.1, -0.05) is 60.7 Å². The lowest BCUT2D eigenvalue weighted by atomic mass is 9.96. The van der Waals surface area contributed by atoms with Crippen LogP contribution in [0.15, 0.2) is 72.8 Å². The van der Waals surface area contributed by atoms with E-state index in [0.717, 1.165) is 16.3 Å². The van der Waals surface area contributed by atoms with Crippen LogP contribution in [0.4, 0.5) is 10.5 Å². The van der Waals surface area contributed by atoms with Crippen LogP contribution in [0.5, 0.6) is 0 Å². The van der Waals surface area contributed by atoms with E-state index in [4.69, 9.17) is 0 Å². The molecule has 0 aromatic heterocycles. The van der Waals surface area contributed by atoms with E-state index in [1.165, 1.54) is 4.90 Å². The second kappa shape index (κ2) is 7.81. The lowest BCUT2D eigenvalue weighted by molar-refractivity contribution is 0.200. The third kappa shape index (κ3) is 3.98. The summed E-state index contributed by atoms with van der Waals surface area (Å²) in [7, 11) is 0. The Kier molecular flexibility index (Phi) is 5.31. The Morgan fingerprint density at radius 3 is 2.28 bits per heavy atom. The number of carboxylic acid groups (broad SMARTS) is 1. The Labute approximate surface area is 147 Å². The number of fused-ring (bicyclic) bond motifs is 1. The fourth-order valence-electron chi connectivity index (χ4n) is 3.05. The van der Waals surface area contributed by atoms with Gasteiger partial charge < -0.3 is 10.2 Å². The van der Waals surface area contributed by atoms with Gasteiger partial charge in [0.2, 0.25) is 0 Å². The van der Waals surface area contributed by atoms with Crippen LogP contribution < -0.4 is 4.90 Å². The molecule has 0 aliphatic carbocycles. The third-order valence-corrected chi connectivity index (χ3v) is 4.47. The number of rotatable bonds is 6. The van der Waals surface area contributed by atoms with Crippen molar-refractivity contribution in [3.8, 4) is 0 Å². The quantitative estimate of drug-likeness (QED) is 0.698. The molecule has 1 amide bonds. The molecule has 4 nitrogen and oxygen atoms in total. The molecule has 3 aromatic carbocycles. The van der Waals surface area contributed by atoms with E-state index in [1.807, 2.05) is 72.8 Å². The highest BCUT2D eigenvalue weighted by Gasteiger charge is 2.18. The van der Waals surface area contributed by atoms with Crippen LogP contribution in [0, 0.1) is 0 Å². The normalized spacial score (nSPS) is 12.0. The molecule has 25 heavy (non-hydrogen) atoms. The Bertz CT molecular complexity index is 848. The van der Waals surface area contributed by atoms with E-state index >= 15 is 0 Å². The molecular weight excluding hydrogens is 314 g/mol. The number of nitrogens with zero attached hydrogens (tertiary/aromatic N) is 1. The second-order valence-corrected chi connectivity index (χ2v) is 6.04. The molecule has 128 valence electrons. The number of benzene rings is 3. The average Bonchev–Trinajstić information content (AvgIpc) is 2.65. The molecule has 0 fully saturated rings. The van der Waals surface area contributed by atoms with Crippen molar-refractivity contribution in [1.82, 2.24) is 0 Å². The average molecular weight is 335 g/mol. The molecule has 4 heteroatoms. The Balaban J connectivity index is 1.79. The number of carbonyl (C=O) groups is 1.